The van der Waals surface area contributed by atoms with Crippen molar-refractivity contribution in [3.63, 3.8) is 0 Å². The molecule has 0 bridgehead atoms. The van der Waals surface area contributed by atoms with E-state index in [0.717, 1.165) is 32.2 Å². The number of nitrogens with one attached hydrogen (secondary N) is 1. The van der Waals surface area contributed by atoms with E-state index in [0.29, 0.717) is 19.0 Å². The Balaban J connectivity index is 1.84. The zero-order valence-corrected chi connectivity index (χ0v) is 12.7. The van der Waals surface area contributed by atoms with Crippen LogP contribution in [0.25, 0.3) is 0 Å². The van der Waals surface area contributed by atoms with Gasteiger partial charge in [-0.05, 0) is 19.3 Å². The minimum absolute atomic E-state index is 0.0721. The highest BCUT2D eigenvalue weighted by atomic mass is 16.2. The molecule has 2 rings (SSSR count). The lowest BCUT2D eigenvalue weighted by molar-refractivity contribution is -0.130. The van der Waals surface area contributed by atoms with Crippen molar-refractivity contribution in [1.82, 2.24) is 10.2 Å². The molecule has 1 N–H and O–H groups in total. The predicted molar refractivity (Wildman–Crippen MR) is 79.2 cm³/mol. The summed E-state index contributed by atoms with van der Waals surface area (Å²) >= 11 is 0. The van der Waals surface area contributed by atoms with Crippen LogP contribution in [0.4, 0.5) is 0 Å². The average molecular weight is 280 g/mol. The number of rotatable bonds is 5. The van der Waals surface area contributed by atoms with Gasteiger partial charge in [-0.2, -0.15) is 0 Å². The quantitative estimate of drug-likeness (QED) is 0.621. The summed E-state index contributed by atoms with van der Waals surface area (Å²) in [6.45, 7) is 3.49. The lowest BCUT2D eigenvalue weighted by Gasteiger charge is -2.27. The summed E-state index contributed by atoms with van der Waals surface area (Å²) in [5, 5.41) is 2.96. The maximum absolute atomic E-state index is 12.2. The van der Waals surface area contributed by atoms with Crippen LogP contribution in [-0.4, -0.2) is 35.8 Å². The van der Waals surface area contributed by atoms with E-state index in [4.69, 9.17) is 0 Å². The van der Waals surface area contributed by atoms with Crippen molar-refractivity contribution in [2.24, 2.45) is 5.92 Å². The van der Waals surface area contributed by atoms with Crippen molar-refractivity contribution in [3.05, 3.63) is 0 Å². The molecule has 2 aliphatic rings. The second-order valence-corrected chi connectivity index (χ2v) is 6.24. The molecule has 1 unspecified atom stereocenters. The Morgan fingerprint density at radius 1 is 1.25 bits per heavy atom. The van der Waals surface area contributed by atoms with Crippen LogP contribution in [-0.2, 0) is 9.59 Å². The molecule has 1 saturated heterocycles. The molecule has 0 radical (unpaired) electrons. The summed E-state index contributed by atoms with van der Waals surface area (Å²) in [6.07, 6.45) is 9.78. The van der Waals surface area contributed by atoms with Crippen molar-refractivity contribution in [2.45, 2.75) is 70.8 Å². The van der Waals surface area contributed by atoms with Gasteiger partial charge in [0.1, 0.15) is 0 Å². The van der Waals surface area contributed by atoms with Crippen LogP contribution in [0.15, 0.2) is 0 Å². The van der Waals surface area contributed by atoms with Crippen molar-refractivity contribution in [1.29, 1.82) is 0 Å². The fourth-order valence-corrected chi connectivity index (χ4v) is 3.36. The summed E-state index contributed by atoms with van der Waals surface area (Å²) in [6, 6.07) is 0.387. The first kappa shape index (κ1) is 15.3. The highest BCUT2D eigenvalue weighted by Crippen LogP contribution is 2.28. The van der Waals surface area contributed by atoms with Gasteiger partial charge in [0, 0.05) is 25.6 Å². The monoisotopic (exact) mass is 280 g/mol. The molecule has 1 atom stereocenters. The standard InChI is InChI=1S/C16H28N2O2/c1-2-3-10-17-16(20)13-11-15(19)18(12-13)14-8-6-4-5-7-9-14/h13-14H,2-12H2,1H3,(H,17,20). The van der Waals surface area contributed by atoms with Gasteiger partial charge in [0.15, 0.2) is 0 Å². The first-order chi connectivity index (χ1) is 9.72. The molecular weight excluding hydrogens is 252 g/mol. The van der Waals surface area contributed by atoms with Crippen LogP contribution in [0.3, 0.4) is 0 Å². The minimum atomic E-state index is -0.123. The smallest absolute Gasteiger partial charge is 0.225 e. The van der Waals surface area contributed by atoms with Crippen LogP contribution >= 0.6 is 0 Å². The molecular formula is C16H28N2O2. The zero-order valence-electron chi connectivity index (χ0n) is 12.7. The number of carbonyl (C=O) groups excluding carboxylic acids is 2. The summed E-state index contributed by atoms with van der Waals surface area (Å²) in [5.74, 6) is 0.137. The van der Waals surface area contributed by atoms with Gasteiger partial charge in [0.25, 0.3) is 0 Å². The summed E-state index contributed by atoms with van der Waals surface area (Å²) in [7, 11) is 0. The van der Waals surface area contributed by atoms with E-state index in [-0.39, 0.29) is 17.7 Å². The number of amides is 2. The van der Waals surface area contributed by atoms with Crippen molar-refractivity contribution >= 4 is 11.8 Å². The maximum Gasteiger partial charge on any atom is 0.225 e. The SMILES string of the molecule is CCCCNC(=O)C1CC(=O)N(C2CCCCCC2)C1. The van der Waals surface area contributed by atoms with E-state index in [1.54, 1.807) is 0 Å². The highest BCUT2D eigenvalue weighted by Gasteiger charge is 2.37. The molecule has 2 amide bonds. The third-order valence-electron chi connectivity index (χ3n) is 4.62. The molecule has 1 heterocycles. The Hall–Kier alpha value is -1.06. The third-order valence-corrected chi connectivity index (χ3v) is 4.62. The number of unbranched alkanes of at least 4 members (excludes halogenated alkanes) is 1. The molecule has 4 nitrogen and oxygen atoms in total. The van der Waals surface area contributed by atoms with E-state index in [1.165, 1.54) is 25.7 Å². The highest BCUT2D eigenvalue weighted by molar-refractivity contribution is 5.89. The van der Waals surface area contributed by atoms with Crippen molar-refractivity contribution in [2.75, 3.05) is 13.1 Å². The van der Waals surface area contributed by atoms with E-state index in [1.807, 2.05) is 4.90 Å². The Kier molecular flexibility index (Phi) is 5.86. The molecule has 20 heavy (non-hydrogen) atoms. The number of carbonyl (C=O) groups is 2. The van der Waals surface area contributed by atoms with Gasteiger partial charge in [-0.25, -0.2) is 0 Å². The largest absolute Gasteiger partial charge is 0.356 e. The molecule has 2 fully saturated rings. The third kappa shape index (κ3) is 3.97. The van der Waals surface area contributed by atoms with Crippen LogP contribution in [0, 0.1) is 5.92 Å². The van der Waals surface area contributed by atoms with Gasteiger partial charge in [0.05, 0.1) is 5.92 Å². The maximum atomic E-state index is 12.2. The molecule has 1 aliphatic carbocycles. The first-order valence-electron chi connectivity index (χ1n) is 8.29. The van der Waals surface area contributed by atoms with Gasteiger partial charge < -0.3 is 10.2 Å². The first-order valence-corrected chi connectivity index (χ1v) is 8.29. The number of hydrogen-bond donors (Lipinski definition) is 1. The molecule has 0 aromatic heterocycles. The summed E-state index contributed by atoms with van der Waals surface area (Å²) < 4.78 is 0. The van der Waals surface area contributed by atoms with E-state index < -0.39 is 0 Å². The minimum Gasteiger partial charge on any atom is -0.356 e. The molecule has 114 valence electrons. The molecule has 0 aromatic rings. The average Bonchev–Trinajstić information content (AvgIpc) is 2.66. The molecule has 0 spiro atoms. The second-order valence-electron chi connectivity index (χ2n) is 6.24. The van der Waals surface area contributed by atoms with Crippen LogP contribution in [0.1, 0.15) is 64.7 Å². The number of nitrogens with zero attached hydrogens (tertiary/aromatic N) is 1. The van der Waals surface area contributed by atoms with Crippen molar-refractivity contribution < 1.29 is 9.59 Å². The normalized spacial score (nSPS) is 24.8. The van der Waals surface area contributed by atoms with Crippen LogP contribution < -0.4 is 5.32 Å². The zero-order chi connectivity index (χ0) is 14.4. The van der Waals surface area contributed by atoms with Crippen LogP contribution in [0.2, 0.25) is 0 Å². The fourth-order valence-electron chi connectivity index (χ4n) is 3.36. The Morgan fingerprint density at radius 3 is 2.60 bits per heavy atom. The van der Waals surface area contributed by atoms with Gasteiger partial charge in [0.2, 0.25) is 11.8 Å². The fraction of sp³-hybridized carbons (Fsp3) is 0.875. The number of likely N-dealkylation sites (tertiary alicyclic amines) is 1. The van der Waals surface area contributed by atoms with Gasteiger partial charge >= 0.3 is 0 Å². The lowest BCUT2D eigenvalue weighted by Crippen LogP contribution is -2.38. The summed E-state index contributed by atoms with van der Waals surface area (Å²) in [5.41, 5.74) is 0. The Labute approximate surface area is 122 Å². The molecule has 4 heteroatoms. The molecule has 0 aromatic carbocycles. The Bertz CT molecular complexity index is 335. The van der Waals surface area contributed by atoms with Gasteiger partial charge in [-0.1, -0.05) is 39.0 Å². The topological polar surface area (TPSA) is 49.4 Å². The second kappa shape index (κ2) is 7.65. The van der Waals surface area contributed by atoms with Gasteiger partial charge in [-0.15, -0.1) is 0 Å². The van der Waals surface area contributed by atoms with Crippen LogP contribution in [0.5, 0.6) is 0 Å². The number of hydrogen-bond acceptors (Lipinski definition) is 2. The van der Waals surface area contributed by atoms with Crippen molar-refractivity contribution in [3.8, 4) is 0 Å². The molecule has 1 saturated carbocycles. The summed E-state index contributed by atoms with van der Waals surface area (Å²) in [4.78, 5) is 26.2. The van der Waals surface area contributed by atoms with E-state index in [2.05, 4.69) is 12.2 Å². The van der Waals surface area contributed by atoms with E-state index in [9.17, 15) is 9.59 Å². The predicted octanol–water partition coefficient (Wildman–Crippen LogP) is 2.47. The Morgan fingerprint density at radius 2 is 1.95 bits per heavy atom. The van der Waals surface area contributed by atoms with E-state index >= 15 is 0 Å². The lowest BCUT2D eigenvalue weighted by atomic mass is 10.1. The van der Waals surface area contributed by atoms with Gasteiger partial charge in [-0.3, -0.25) is 9.59 Å². The molecule has 1 aliphatic heterocycles.